The average Bonchev–Trinajstić information content (AvgIpc) is 3.33. The van der Waals surface area contributed by atoms with E-state index in [9.17, 15) is 13.6 Å². The number of amides is 1. The van der Waals surface area contributed by atoms with Crippen molar-refractivity contribution in [1.82, 2.24) is 19.5 Å². The predicted octanol–water partition coefficient (Wildman–Crippen LogP) is 5.80. The second-order valence-electron chi connectivity index (χ2n) is 10.8. The van der Waals surface area contributed by atoms with Crippen LogP contribution in [0.5, 0.6) is 0 Å². The van der Waals surface area contributed by atoms with Crippen LogP contribution in [0.2, 0.25) is 5.02 Å². The molecule has 9 nitrogen and oxygen atoms in total. The molecular weight excluding hydrogens is 550 g/mol. The number of imidazole rings is 1. The SMILES string of the molecule is NC(=O)[C@H]1CC[C@@H](n2c(Nc3c(F)cc(F)cc3Cl)nc3cnc(N[C@@H]4CCCN(c5ccccc5)C4)nc32)CC1. The number of aromatic nitrogens is 4. The van der Waals surface area contributed by atoms with Gasteiger partial charge in [0.15, 0.2) is 11.5 Å². The largest absolute Gasteiger partial charge is 0.369 e. The summed E-state index contributed by atoms with van der Waals surface area (Å²) in [4.78, 5) is 28.2. The van der Waals surface area contributed by atoms with Crippen molar-refractivity contribution < 1.29 is 13.6 Å². The molecule has 214 valence electrons. The summed E-state index contributed by atoms with van der Waals surface area (Å²) in [6, 6.07) is 12.2. The van der Waals surface area contributed by atoms with Crippen LogP contribution in [-0.2, 0) is 4.79 Å². The van der Waals surface area contributed by atoms with Gasteiger partial charge in [-0.25, -0.2) is 18.7 Å². The third-order valence-electron chi connectivity index (χ3n) is 8.02. The highest BCUT2D eigenvalue weighted by Crippen LogP contribution is 2.38. The molecule has 1 aliphatic heterocycles. The molecule has 41 heavy (non-hydrogen) atoms. The van der Waals surface area contributed by atoms with Crippen molar-refractivity contribution in [3.8, 4) is 0 Å². The summed E-state index contributed by atoms with van der Waals surface area (Å²) in [6.45, 7) is 1.80. The molecule has 2 aromatic carbocycles. The minimum atomic E-state index is -0.834. The Labute approximate surface area is 241 Å². The number of nitrogens with zero attached hydrogens (tertiary/aromatic N) is 5. The number of hydrogen-bond donors (Lipinski definition) is 3. The van der Waals surface area contributed by atoms with E-state index < -0.39 is 11.6 Å². The predicted molar refractivity (Wildman–Crippen MR) is 155 cm³/mol. The number of carbonyl (C=O) groups is 1. The molecule has 6 rings (SSSR count). The Morgan fingerprint density at radius 3 is 2.56 bits per heavy atom. The molecule has 2 aromatic heterocycles. The summed E-state index contributed by atoms with van der Waals surface area (Å²) in [5, 5.41) is 6.37. The van der Waals surface area contributed by atoms with Gasteiger partial charge in [-0.05, 0) is 56.7 Å². The summed E-state index contributed by atoms with van der Waals surface area (Å²) in [5.74, 6) is -1.31. The van der Waals surface area contributed by atoms with Crippen LogP contribution in [0.25, 0.3) is 11.2 Å². The van der Waals surface area contributed by atoms with Gasteiger partial charge < -0.3 is 21.3 Å². The third-order valence-corrected chi connectivity index (χ3v) is 8.31. The van der Waals surface area contributed by atoms with Crippen LogP contribution >= 0.6 is 11.6 Å². The van der Waals surface area contributed by atoms with Gasteiger partial charge in [-0.15, -0.1) is 0 Å². The number of hydrogen-bond acceptors (Lipinski definition) is 7. The molecule has 2 aliphatic rings. The van der Waals surface area contributed by atoms with Crippen LogP contribution in [0.3, 0.4) is 0 Å². The van der Waals surface area contributed by atoms with Crippen molar-refractivity contribution in [1.29, 1.82) is 0 Å². The molecule has 0 bridgehead atoms. The highest BCUT2D eigenvalue weighted by atomic mass is 35.5. The fraction of sp³-hybridized carbons (Fsp3) is 0.379. The van der Waals surface area contributed by atoms with Crippen molar-refractivity contribution in [3.05, 3.63) is 65.3 Å². The number of piperidine rings is 1. The van der Waals surface area contributed by atoms with E-state index in [0.29, 0.717) is 48.7 Å². The van der Waals surface area contributed by atoms with Gasteiger partial charge >= 0.3 is 0 Å². The van der Waals surface area contributed by atoms with Gasteiger partial charge in [-0.2, -0.15) is 4.98 Å². The second-order valence-corrected chi connectivity index (χ2v) is 11.2. The summed E-state index contributed by atoms with van der Waals surface area (Å²) in [6.07, 6.45) is 6.23. The van der Waals surface area contributed by atoms with E-state index in [0.717, 1.165) is 38.1 Å². The van der Waals surface area contributed by atoms with Gasteiger partial charge in [0.05, 0.1) is 16.9 Å². The molecule has 2 fully saturated rings. The Kier molecular flexibility index (Phi) is 7.61. The number of nitrogens with one attached hydrogen (secondary N) is 2. The Bertz CT molecular complexity index is 1530. The summed E-state index contributed by atoms with van der Waals surface area (Å²) in [7, 11) is 0. The average molecular weight is 581 g/mol. The maximum Gasteiger partial charge on any atom is 0.225 e. The number of anilines is 4. The van der Waals surface area contributed by atoms with E-state index in [1.54, 1.807) is 6.20 Å². The molecule has 0 radical (unpaired) electrons. The number of primary amides is 1. The zero-order valence-corrected chi connectivity index (χ0v) is 23.1. The number of nitrogens with two attached hydrogens (primary N) is 1. The van der Waals surface area contributed by atoms with Crippen molar-refractivity contribution >= 4 is 51.9 Å². The minimum absolute atomic E-state index is 0.0774. The molecule has 4 aromatic rings. The molecule has 1 aliphatic carbocycles. The number of benzene rings is 2. The molecule has 12 heteroatoms. The van der Waals surface area contributed by atoms with E-state index >= 15 is 0 Å². The molecule has 0 spiro atoms. The van der Waals surface area contributed by atoms with Crippen molar-refractivity contribution in [2.24, 2.45) is 11.7 Å². The molecule has 1 saturated carbocycles. The zero-order valence-electron chi connectivity index (χ0n) is 22.4. The molecule has 1 saturated heterocycles. The lowest BCUT2D eigenvalue weighted by Crippen LogP contribution is -2.42. The van der Waals surface area contributed by atoms with Gasteiger partial charge in [0.1, 0.15) is 11.3 Å². The smallest absolute Gasteiger partial charge is 0.225 e. The van der Waals surface area contributed by atoms with Crippen LogP contribution in [0.15, 0.2) is 48.7 Å². The number of para-hydroxylation sites is 1. The molecule has 0 unspecified atom stereocenters. The Morgan fingerprint density at radius 2 is 1.83 bits per heavy atom. The van der Waals surface area contributed by atoms with Gasteiger partial charge in [0.25, 0.3) is 0 Å². The quantitative estimate of drug-likeness (QED) is 0.253. The van der Waals surface area contributed by atoms with E-state index in [1.165, 1.54) is 5.69 Å². The zero-order chi connectivity index (χ0) is 28.5. The first-order chi connectivity index (χ1) is 19.9. The van der Waals surface area contributed by atoms with E-state index in [2.05, 4.69) is 37.6 Å². The van der Waals surface area contributed by atoms with Crippen LogP contribution < -0.4 is 21.3 Å². The standard InChI is InChI=1S/C29H31ClF2N8O/c30-22-13-18(31)14-23(32)25(22)37-29-36-24-15-34-28(35-19-5-4-12-39(16-19)20-6-2-1-3-7-20)38-27(24)40(29)21-10-8-17(9-11-21)26(33)41/h1-3,6-7,13-15,17,19,21H,4-5,8-12,16H2,(H2,33,41)(H,36,37)(H,34,35,38)/t17-,19-,21+/m1/s1. The topological polar surface area (TPSA) is 114 Å². The van der Waals surface area contributed by atoms with Crippen LogP contribution in [0.4, 0.5) is 32.1 Å². The van der Waals surface area contributed by atoms with Crippen LogP contribution in [0, 0.1) is 17.6 Å². The minimum Gasteiger partial charge on any atom is -0.369 e. The number of rotatable bonds is 7. The normalized spacial score (nSPS) is 21.1. The summed E-state index contributed by atoms with van der Waals surface area (Å²) >= 11 is 6.19. The molecule has 3 heterocycles. The lowest BCUT2D eigenvalue weighted by Gasteiger charge is -2.34. The number of halogens is 3. The molecular formula is C29H31ClF2N8O. The van der Waals surface area contributed by atoms with E-state index in [1.807, 2.05) is 22.8 Å². The third kappa shape index (κ3) is 5.76. The molecule has 1 amide bonds. The first kappa shape index (κ1) is 27.2. The molecule has 1 atom stereocenters. The molecule has 4 N–H and O–H groups in total. The van der Waals surface area contributed by atoms with Gasteiger partial charge in [-0.1, -0.05) is 29.8 Å². The Morgan fingerprint density at radius 1 is 1.05 bits per heavy atom. The van der Waals surface area contributed by atoms with E-state index in [-0.39, 0.29) is 34.6 Å². The summed E-state index contributed by atoms with van der Waals surface area (Å²) in [5.41, 5.74) is 7.76. The van der Waals surface area contributed by atoms with Crippen molar-refractivity contribution in [3.63, 3.8) is 0 Å². The van der Waals surface area contributed by atoms with Crippen molar-refractivity contribution in [2.45, 2.75) is 50.6 Å². The van der Waals surface area contributed by atoms with Gasteiger partial charge in [0.2, 0.25) is 17.8 Å². The summed E-state index contributed by atoms with van der Waals surface area (Å²) < 4.78 is 30.3. The Hall–Kier alpha value is -3.99. The van der Waals surface area contributed by atoms with Gasteiger partial charge in [-0.3, -0.25) is 9.36 Å². The highest BCUT2D eigenvalue weighted by Gasteiger charge is 2.30. The fourth-order valence-electron chi connectivity index (χ4n) is 5.94. The lowest BCUT2D eigenvalue weighted by molar-refractivity contribution is -0.122. The second kappa shape index (κ2) is 11.5. The number of fused-ring (bicyclic) bond motifs is 1. The van der Waals surface area contributed by atoms with Gasteiger partial charge in [0, 0.05) is 42.8 Å². The van der Waals surface area contributed by atoms with Crippen LogP contribution in [0.1, 0.15) is 44.6 Å². The Balaban J connectivity index is 1.31. The maximum atomic E-state index is 14.7. The first-order valence-corrected chi connectivity index (χ1v) is 14.3. The van der Waals surface area contributed by atoms with Crippen molar-refractivity contribution in [2.75, 3.05) is 28.6 Å². The fourth-order valence-corrected chi connectivity index (χ4v) is 6.18. The highest BCUT2D eigenvalue weighted by molar-refractivity contribution is 6.33. The maximum absolute atomic E-state index is 14.7. The van der Waals surface area contributed by atoms with Crippen LogP contribution in [-0.4, -0.2) is 44.6 Å². The lowest BCUT2D eigenvalue weighted by atomic mass is 9.85. The number of carbonyl (C=O) groups excluding carboxylic acids is 1. The first-order valence-electron chi connectivity index (χ1n) is 13.9. The monoisotopic (exact) mass is 580 g/mol. The van der Waals surface area contributed by atoms with E-state index in [4.69, 9.17) is 22.3 Å².